The largest absolute Gasteiger partial charge is 0.294 e. The van der Waals surface area contributed by atoms with Crippen molar-refractivity contribution in [3.05, 3.63) is 11.6 Å². The Morgan fingerprint density at radius 1 is 0.411 bits per heavy atom. The molecule has 8 aliphatic carbocycles. The highest BCUT2D eigenvalue weighted by Gasteiger charge is 2.54. The van der Waals surface area contributed by atoms with E-state index < -0.39 is 0 Å². The van der Waals surface area contributed by atoms with Crippen molar-refractivity contribution in [1.29, 1.82) is 10.5 Å². The van der Waals surface area contributed by atoms with E-state index in [1.165, 1.54) is 173 Å². The Morgan fingerprint density at radius 2 is 0.839 bits per heavy atom. The maximum atomic E-state index is 9.19. The lowest BCUT2D eigenvalue weighted by Crippen LogP contribution is -2.53. The lowest BCUT2D eigenvalue weighted by molar-refractivity contribution is -0.00680. The molecule has 0 radical (unpaired) electrons. The molecule has 8 saturated carbocycles. The molecule has 0 N–H and O–H groups in total. The van der Waals surface area contributed by atoms with Crippen LogP contribution in [-0.4, -0.2) is 46.1 Å². The van der Waals surface area contributed by atoms with Gasteiger partial charge in [0.1, 0.15) is 17.7 Å². The van der Waals surface area contributed by atoms with Crippen LogP contribution < -0.4 is 0 Å². The molecule has 9 fully saturated rings. The quantitative estimate of drug-likeness (QED) is 0.231. The molecule has 1 saturated heterocycles. The van der Waals surface area contributed by atoms with Gasteiger partial charge < -0.3 is 0 Å². The van der Waals surface area contributed by atoms with Gasteiger partial charge in [0.25, 0.3) is 0 Å². The van der Waals surface area contributed by atoms with Crippen LogP contribution in [0, 0.1) is 75.9 Å². The van der Waals surface area contributed by atoms with Gasteiger partial charge in [-0.05, 0) is 214 Å². The molecule has 4 heteroatoms. The van der Waals surface area contributed by atoms with E-state index in [2.05, 4.69) is 21.9 Å². The number of hydrogen-bond acceptors (Lipinski definition) is 4. The molecule has 1 heterocycles. The molecule has 0 aromatic carbocycles. The second-order valence-corrected chi connectivity index (χ2v) is 22.1. The Balaban J connectivity index is 0.759. The van der Waals surface area contributed by atoms with Crippen molar-refractivity contribution in [3.8, 4) is 12.1 Å². The summed E-state index contributed by atoms with van der Waals surface area (Å²) in [6, 6.07) is 9.67. The monoisotopic (exact) mass is 763 g/mol. The van der Waals surface area contributed by atoms with E-state index >= 15 is 0 Å². The SMILES string of the molecule is N#CC(C#N)=CC1CCC(C2CCC(C3CCC(N(C4CCCCC4)C4CCC(C5CCC6C(C5)C5CCCCC5N6C5CCCCC5)CC4)CC3)CC2)CC1. The highest BCUT2D eigenvalue weighted by atomic mass is 15.3. The Kier molecular flexibility index (Phi) is 13.5. The average Bonchev–Trinajstić information content (AvgIpc) is 3.61. The topological polar surface area (TPSA) is 54.1 Å². The van der Waals surface area contributed by atoms with Crippen LogP contribution in [0.2, 0.25) is 0 Å². The number of fused-ring (bicyclic) bond motifs is 3. The van der Waals surface area contributed by atoms with Crippen molar-refractivity contribution in [2.75, 3.05) is 0 Å². The van der Waals surface area contributed by atoms with Crippen molar-refractivity contribution in [1.82, 2.24) is 9.80 Å². The highest BCUT2D eigenvalue weighted by molar-refractivity contribution is 5.35. The first-order valence-electron chi connectivity index (χ1n) is 25.7. The first-order valence-corrected chi connectivity index (χ1v) is 25.7. The lowest BCUT2D eigenvalue weighted by atomic mass is 9.64. The minimum absolute atomic E-state index is 0.326. The summed E-state index contributed by atoms with van der Waals surface area (Å²) in [7, 11) is 0. The third-order valence-electron chi connectivity index (χ3n) is 19.6. The van der Waals surface area contributed by atoms with E-state index in [-0.39, 0.29) is 0 Å². The maximum absolute atomic E-state index is 9.19. The molecule has 5 unspecified atom stereocenters. The summed E-state index contributed by atoms with van der Waals surface area (Å²) in [6.45, 7) is 0. The van der Waals surface area contributed by atoms with Crippen molar-refractivity contribution in [3.63, 3.8) is 0 Å². The summed E-state index contributed by atoms with van der Waals surface area (Å²) in [5.41, 5.74) is 0.326. The van der Waals surface area contributed by atoms with Gasteiger partial charge in [0.2, 0.25) is 0 Å². The third-order valence-corrected chi connectivity index (χ3v) is 19.6. The van der Waals surface area contributed by atoms with Crippen LogP contribution in [0.5, 0.6) is 0 Å². The van der Waals surface area contributed by atoms with Crippen molar-refractivity contribution in [2.45, 2.75) is 248 Å². The minimum atomic E-state index is 0.326. The van der Waals surface area contributed by atoms with Gasteiger partial charge in [0.05, 0.1) is 0 Å². The first-order chi connectivity index (χ1) is 27.7. The zero-order chi connectivity index (χ0) is 37.8. The average molecular weight is 763 g/mol. The fraction of sp³-hybridized carbons (Fsp3) is 0.923. The van der Waals surface area contributed by atoms with Gasteiger partial charge in [-0.1, -0.05) is 57.4 Å². The van der Waals surface area contributed by atoms with Gasteiger partial charge >= 0.3 is 0 Å². The van der Waals surface area contributed by atoms with Gasteiger partial charge in [-0.3, -0.25) is 9.80 Å². The predicted molar refractivity (Wildman–Crippen MR) is 229 cm³/mol. The smallest absolute Gasteiger partial charge is 0.125 e. The highest BCUT2D eigenvalue weighted by Crippen LogP contribution is 2.55. The van der Waals surface area contributed by atoms with Crippen LogP contribution in [0.4, 0.5) is 0 Å². The number of likely N-dealkylation sites (tertiary alicyclic amines) is 1. The molecule has 0 spiro atoms. The number of rotatable bonds is 8. The summed E-state index contributed by atoms with van der Waals surface area (Å²) < 4.78 is 0. The fourth-order valence-corrected chi connectivity index (χ4v) is 16.9. The van der Waals surface area contributed by atoms with Crippen LogP contribution in [0.15, 0.2) is 11.6 Å². The number of nitrogens with zero attached hydrogens (tertiary/aromatic N) is 4. The third kappa shape index (κ3) is 8.75. The Morgan fingerprint density at radius 3 is 1.41 bits per heavy atom. The second-order valence-electron chi connectivity index (χ2n) is 22.1. The molecule has 310 valence electrons. The Labute approximate surface area is 344 Å². The molecular weight excluding hydrogens is 681 g/mol. The molecule has 0 bridgehead atoms. The van der Waals surface area contributed by atoms with Gasteiger partial charge in [-0.2, -0.15) is 10.5 Å². The van der Waals surface area contributed by atoms with Crippen LogP contribution in [0.3, 0.4) is 0 Å². The summed E-state index contributed by atoms with van der Waals surface area (Å²) >= 11 is 0. The van der Waals surface area contributed by atoms with E-state index in [1.54, 1.807) is 38.5 Å². The Hall–Kier alpha value is -1.36. The molecular formula is C52H82N4. The molecule has 9 aliphatic rings. The molecule has 4 nitrogen and oxygen atoms in total. The zero-order valence-electron chi connectivity index (χ0n) is 35.9. The first kappa shape index (κ1) is 40.1. The molecule has 5 atom stereocenters. The standard InChI is InChI=1S/C52H82N4/c53-35-38(36-54)33-37-15-17-39(18-16-37)40-19-21-41(22-20-40)42-23-28-47(29-24-42)55(45-9-3-1-4-10-45)48-30-25-43(26-31-48)44-27-32-52-50(34-44)49-13-7-8-14-51(49)56(52)46-11-5-2-6-12-46/h33,37,39-52H,1-32,34H2. The van der Waals surface area contributed by atoms with Crippen molar-refractivity contribution >= 4 is 0 Å². The fourth-order valence-electron chi connectivity index (χ4n) is 16.9. The van der Waals surface area contributed by atoms with E-state index in [0.29, 0.717) is 11.5 Å². The van der Waals surface area contributed by atoms with Gasteiger partial charge in [0, 0.05) is 36.3 Å². The maximum Gasteiger partial charge on any atom is 0.125 e. The molecule has 0 aromatic heterocycles. The van der Waals surface area contributed by atoms with E-state index in [9.17, 15) is 10.5 Å². The predicted octanol–water partition coefficient (Wildman–Crippen LogP) is 13.3. The zero-order valence-corrected chi connectivity index (χ0v) is 35.9. The normalized spacial score (nSPS) is 43.2. The summed E-state index contributed by atoms with van der Waals surface area (Å²) in [6.07, 6.45) is 50.9. The van der Waals surface area contributed by atoms with Crippen LogP contribution in [0.25, 0.3) is 0 Å². The molecule has 0 amide bonds. The van der Waals surface area contributed by atoms with E-state index in [0.717, 1.165) is 83.6 Å². The Bertz CT molecular complexity index is 1330. The van der Waals surface area contributed by atoms with Crippen molar-refractivity contribution < 1.29 is 0 Å². The van der Waals surface area contributed by atoms with Crippen molar-refractivity contribution in [2.24, 2.45) is 53.3 Å². The minimum Gasteiger partial charge on any atom is -0.294 e. The number of allylic oxidation sites excluding steroid dienone is 2. The molecule has 1 aliphatic heterocycles. The summed E-state index contributed by atoms with van der Waals surface area (Å²) in [4.78, 5) is 6.51. The van der Waals surface area contributed by atoms with Crippen LogP contribution in [0.1, 0.15) is 212 Å². The lowest BCUT2D eigenvalue weighted by Gasteiger charge is -2.51. The number of hydrogen-bond donors (Lipinski definition) is 0. The van der Waals surface area contributed by atoms with Crippen LogP contribution >= 0.6 is 0 Å². The number of nitriles is 2. The van der Waals surface area contributed by atoms with Gasteiger partial charge in [-0.15, -0.1) is 0 Å². The molecule has 9 rings (SSSR count). The van der Waals surface area contributed by atoms with Gasteiger partial charge in [-0.25, -0.2) is 0 Å². The summed E-state index contributed by atoms with van der Waals surface area (Å²) in [5, 5.41) is 18.4. The van der Waals surface area contributed by atoms with Crippen LogP contribution in [-0.2, 0) is 0 Å². The molecule has 0 aromatic rings. The molecule has 56 heavy (non-hydrogen) atoms. The van der Waals surface area contributed by atoms with E-state index in [1.807, 2.05) is 6.08 Å². The summed E-state index contributed by atoms with van der Waals surface area (Å²) in [5.74, 6) is 8.43. The van der Waals surface area contributed by atoms with Gasteiger partial charge in [0.15, 0.2) is 0 Å². The van der Waals surface area contributed by atoms with E-state index in [4.69, 9.17) is 0 Å². The second kappa shape index (κ2) is 18.9.